The summed E-state index contributed by atoms with van der Waals surface area (Å²) in [7, 11) is 0. The molecule has 1 aliphatic heterocycles. The van der Waals surface area contributed by atoms with Crippen LogP contribution >= 0.6 is 0 Å². The number of hydrogen-bond acceptors (Lipinski definition) is 3. The molecule has 0 spiro atoms. The molecule has 122 valence electrons. The second-order valence-corrected chi connectivity index (χ2v) is 6.78. The summed E-state index contributed by atoms with van der Waals surface area (Å²) in [5.74, 6) is -0.282. The Morgan fingerprint density at radius 2 is 1.91 bits per heavy atom. The van der Waals surface area contributed by atoms with Crippen LogP contribution in [0.5, 0.6) is 0 Å². The van der Waals surface area contributed by atoms with E-state index in [1.807, 2.05) is 0 Å². The third-order valence-electron chi connectivity index (χ3n) is 4.79. The highest BCUT2D eigenvalue weighted by Crippen LogP contribution is 2.29. The van der Waals surface area contributed by atoms with Gasteiger partial charge in [-0.25, -0.2) is 0 Å². The average molecular weight is 312 g/mol. The van der Waals surface area contributed by atoms with Gasteiger partial charge in [0, 0.05) is 6.42 Å². The van der Waals surface area contributed by atoms with Gasteiger partial charge in [0.05, 0.1) is 12.5 Å². The largest absolute Gasteiger partial charge is 0.462 e. The van der Waals surface area contributed by atoms with Gasteiger partial charge in [-0.2, -0.15) is 0 Å². The van der Waals surface area contributed by atoms with Crippen molar-refractivity contribution in [3.8, 4) is 0 Å². The van der Waals surface area contributed by atoms with Gasteiger partial charge in [-0.3, -0.25) is 4.79 Å². The summed E-state index contributed by atoms with van der Waals surface area (Å²) in [6.45, 7) is 6.40. The van der Waals surface area contributed by atoms with Crippen LogP contribution in [0.3, 0.4) is 0 Å². The second-order valence-electron chi connectivity index (χ2n) is 6.78. The summed E-state index contributed by atoms with van der Waals surface area (Å²) in [4.78, 5) is 11.5. The summed E-state index contributed by atoms with van der Waals surface area (Å²) in [6.07, 6.45) is 1.56. The number of fused-ring (bicyclic) bond motifs is 1. The quantitative estimate of drug-likeness (QED) is 0.878. The van der Waals surface area contributed by atoms with Crippen molar-refractivity contribution in [1.29, 1.82) is 0 Å². The lowest BCUT2D eigenvalue weighted by molar-refractivity contribution is -0.160. The van der Waals surface area contributed by atoms with E-state index in [1.54, 1.807) is 0 Å². The molecule has 1 heterocycles. The zero-order chi connectivity index (χ0) is 16.6. The fraction of sp³-hybridized carbons (Fsp3) is 0.450. The first-order chi connectivity index (χ1) is 10.9. The maximum Gasteiger partial charge on any atom is 0.308 e. The van der Waals surface area contributed by atoms with Gasteiger partial charge < -0.3 is 9.84 Å². The Hall–Kier alpha value is -1.87. The van der Waals surface area contributed by atoms with E-state index in [9.17, 15) is 9.90 Å². The number of benzene rings is 2. The fourth-order valence-corrected chi connectivity index (χ4v) is 3.63. The Kier molecular flexibility index (Phi) is 4.40. The zero-order valence-electron chi connectivity index (χ0n) is 14.1. The minimum atomic E-state index is -0.556. The first kappa shape index (κ1) is 16.0. The van der Waals surface area contributed by atoms with Crippen molar-refractivity contribution in [2.24, 2.45) is 0 Å². The van der Waals surface area contributed by atoms with Crippen LogP contribution in [0.15, 0.2) is 24.3 Å². The normalized spacial score (nSPS) is 21.5. The number of aryl methyl sites for hydroxylation is 4. The molecule has 3 heteroatoms. The van der Waals surface area contributed by atoms with Gasteiger partial charge in [0.25, 0.3) is 0 Å². The molecule has 2 atom stereocenters. The highest BCUT2D eigenvalue weighted by molar-refractivity contribution is 5.90. The number of hydrogen-bond donors (Lipinski definition) is 1. The van der Waals surface area contributed by atoms with Crippen molar-refractivity contribution in [1.82, 2.24) is 0 Å². The van der Waals surface area contributed by atoms with Gasteiger partial charge in [0.15, 0.2) is 0 Å². The van der Waals surface area contributed by atoms with E-state index >= 15 is 0 Å². The van der Waals surface area contributed by atoms with Crippen LogP contribution in [-0.2, 0) is 16.0 Å². The van der Waals surface area contributed by atoms with E-state index in [1.165, 1.54) is 33.0 Å². The van der Waals surface area contributed by atoms with Gasteiger partial charge in [-0.05, 0) is 61.1 Å². The SMILES string of the molecule is Cc1ccc2c(C)cc(C)c(CC[C@@H]3C[C@@H](O)CC(=O)O3)c2c1. The minimum Gasteiger partial charge on any atom is -0.462 e. The van der Waals surface area contributed by atoms with Crippen LogP contribution in [0.4, 0.5) is 0 Å². The fourth-order valence-electron chi connectivity index (χ4n) is 3.63. The van der Waals surface area contributed by atoms with E-state index in [2.05, 4.69) is 45.0 Å². The van der Waals surface area contributed by atoms with Crippen molar-refractivity contribution in [2.75, 3.05) is 0 Å². The number of aliphatic hydroxyl groups excluding tert-OH is 1. The molecule has 0 aromatic heterocycles. The lowest BCUT2D eigenvalue weighted by Crippen LogP contribution is -2.32. The molecule has 1 saturated heterocycles. The van der Waals surface area contributed by atoms with Crippen molar-refractivity contribution in [3.63, 3.8) is 0 Å². The van der Waals surface area contributed by atoms with E-state index in [-0.39, 0.29) is 18.5 Å². The molecule has 0 radical (unpaired) electrons. The highest BCUT2D eigenvalue weighted by atomic mass is 16.5. The van der Waals surface area contributed by atoms with Gasteiger partial charge in [0.1, 0.15) is 6.10 Å². The molecule has 0 bridgehead atoms. The number of carbonyl (C=O) groups is 1. The van der Waals surface area contributed by atoms with Crippen LogP contribution in [0.2, 0.25) is 0 Å². The number of aliphatic hydroxyl groups is 1. The van der Waals surface area contributed by atoms with Crippen LogP contribution in [-0.4, -0.2) is 23.3 Å². The average Bonchev–Trinajstić information content (AvgIpc) is 2.45. The summed E-state index contributed by atoms with van der Waals surface area (Å²) < 4.78 is 5.38. The molecule has 2 aromatic rings. The minimum absolute atomic E-state index is 0.127. The Labute approximate surface area is 137 Å². The Morgan fingerprint density at radius 1 is 1.13 bits per heavy atom. The summed E-state index contributed by atoms with van der Waals surface area (Å²) >= 11 is 0. The van der Waals surface area contributed by atoms with Crippen LogP contribution in [0.25, 0.3) is 10.8 Å². The molecule has 0 aliphatic carbocycles. The Bertz CT molecular complexity index is 748. The maximum absolute atomic E-state index is 11.5. The molecular formula is C20H24O3. The molecule has 0 unspecified atom stereocenters. The van der Waals surface area contributed by atoms with Crippen LogP contribution in [0, 0.1) is 20.8 Å². The Balaban J connectivity index is 1.88. The lowest BCUT2D eigenvalue weighted by Gasteiger charge is -2.26. The summed E-state index contributed by atoms with van der Waals surface area (Å²) in [6, 6.07) is 8.81. The predicted molar refractivity (Wildman–Crippen MR) is 91.6 cm³/mol. The third kappa shape index (κ3) is 3.40. The predicted octanol–water partition coefficient (Wildman–Crippen LogP) is 3.76. The van der Waals surface area contributed by atoms with Gasteiger partial charge in [-0.15, -0.1) is 0 Å². The molecule has 2 aromatic carbocycles. The number of ether oxygens (including phenoxy) is 1. The molecule has 3 nitrogen and oxygen atoms in total. The van der Waals surface area contributed by atoms with Crippen molar-refractivity contribution < 1.29 is 14.6 Å². The number of rotatable bonds is 3. The van der Waals surface area contributed by atoms with E-state index in [0.717, 1.165) is 12.8 Å². The zero-order valence-corrected chi connectivity index (χ0v) is 14.1. The van der Waals surface area contributed by atoms with Crippen molar-refractivity contribution in [3.05, 3.63) is 46.5 Å². The van der Waals surface area contributed by atoms with Gasteiger partial charge in [-0.1, -0.05) is 29.8 Å². The monoisotopic (exact) mass is 312 g/mol. The molecule has 1 aliphatic rings. The third-order valence-corrected chi connectivity index (χ3v) is 4.79. The molecule has 23 heavy (non-hydrogen) atoms. The van der Waals surface area contributed by atoms with Gasteiger partial charge >= 0.3 is 5.97 Å². The molecule has 0 saturated carbocycles. The van der Waals surface area contributed by atoms with Crippen LogP contribution in [0.1, 0.15) is 41.5 Å². The number of esters is 1. The molecule has 3 rings (SSSR count). The second kappa shape index (κ2) is 6.32. The standard InChI is InChI=1S/C20H24O3/c1-12-4-6-17-13(2)9-14(3)18(19(17)8-12)7-5-16-10-15(21)11-20(22)23-16/h4,6,8-9,15-16,21H,5,7,10-11H2,1-3H3/t15-,16-/m1/s1. The molecule has 0 amide bonds. The topological polar surface area (TPSA) is 46.5 Å². The summed E-state index contributed by atoms with van der Waals surface area (Å²) in [5, 5.41) is 12.3. The van der Waals surface area contributed by atoms with E-state index < -0.39 is 6.10 Å². The molecule has 1 N–H and O–H groups in total. The first-order valence-electron chi connectivity index (χ1n) is 8.31. The first-order valence-corrected chi connectivity index (χ1v) is 8.31. The lowest BCUT2D eigenvalue weighted by atomic mass is 9.90. The smallest absolute Gasteiger partial charge is 0.308 e. The Morgan fingerprint density at radius 3 is 2.65 bits per heavy atom. The van der Waals surface area contributed by atoms with Crippen molar-refractivity contribution in [2.45, 2.75) is 58.7 Å². The van der Waals surface area contributed by atoms with Crippen LogP contribution < -0.4 is 0 Å². The number of cyclic esters (lactones) is 1. The maximum atomic E-state index is 11.5. The highest BCUT2D eigenvalue weighted by Gasteiger charge is 2.27. The molecular weight excluding hydrogens is 288 g/mol. The number of carbonyl (C=O) groups excluding carboxylic acids is 1. The molecule has 1 fully saturated rings. The summed E-state index contributed by atoms with van der Waals surface area (Å²) in [5.41, 5.74) is 5.15. The van der Waals surface area contributed by atoms with Gasteiger partial charge in [0.2, 0.25) is 0 Å². The van der Waals surface area contributed by atoms with Crippen molar-refractivity contribution >= 4 is 16.7 Å². The van der Waals surface area contributed by atoms with E-state index in [0.29, 0.717) is 6.42 Å². The van der Waals surface area contributed by atoms with E-state index in [4.69, 9.17) is 4.74 Å².